The Morgan fingerprint density at radius 2 is 1.96 bits per heavy atom. The summed E-state index contributed by atoms with van der Waals surface area (Å²) >= 11 is 0. The molecular formula is C19H22N4. The molecule has 2 aromatic rings. The molecule has 1 aliphatic heterocycles. The first-order valence-electron chi connectivity index (χ1n) is 8.12. The first-order chi connectivity index (χ1) is 11.4. The second-order valence-corrected chi connectivity index (χ2v) is 5.67. The number of anilines is 2. The molecule has 0 aliphatic carbocycles. The number of benzene rings is 1. The third kappa shape index (κ3) is 3.95. The van der Waals surface area contributed by atoms with Crippen LogP contribution in [-0.2, 0) is 0 Å². The van der Waals surface area contributed by atoms with Gasteiger partial charge in [-0.25, -0.2) is 4.99 Å². The number of hydrogen-bond donors (Lipinski definition) is 2. The van der Waals surface area contributed by atoms with Crippen LogP contribution in [0.15, 0.2) is 41.5 Å². The first-order valence-corrected chi connectivity index (χ1v) is 8.12. The molecular weight excluding hydrogens is 284 g/mol. The summed E-state index contributed by atoms with van der Waals surface area (Å²) in [6.45, 7) is 3.01. The lowest BCUT2D eigenvalue weighted by molar-refractivity contribution is 0.578. The molecule has 2 N–H and O–H groups in total. The van der Waals surface area contributed by atoms with Crippen molar-refractivity contribution in [3.63, 3.8) is 0 Å². The second kappa shape index (κ2) is 7.55. The quantitative estimate of drug-likeness (QED) is 0.652. The van der Waals surface area contributed by atoms with Gasteiger partial charge in [-0.05, 0) is 49.6 Å². The Bertz CT molecular complexity index is 685. The Kier molecular flexibility index (Phi) is 5.00. The highest BCUT2D eigenvalue weighted by atomic mass is 15.1. The number of aliphatic imine (C=N–C) groups is 1. The van der Waals surface area contributed by atoms with Gasteiger partial charge in [-0.3, -0.25) is 0 Å². The predicted molar refractivity (Wildman–Crippen MR) is 97.9 cm³/mol. The van der Waals surface area contributed by atoms with Gasteiger partial charge in [0, 0.05) is 36.9 Å². The number of nitrogens with zero attached hydrogens (tertiary/aromatic N) is 2. The number of aromatic amines is 1. The number of rotatable bonds is 5. The molecule has 1 saturated heterocycles. The summed E-state index contributed by atoms with van der Waals surface area (Å²) in [4.78, 5) is 9.83. The van der Waals surface area contributed by atoms with Crippen LogP contribution in [0, 0.1) is 12.3 Å². The summed E-state index contributed by atoms with van der Waals surface area (Å²) in [7, 11) is 0. The van der Waals surface area contributed by atoms with Crippen LogP contribution < -0.4 is 10.2 Å². The minimum atomic E-state index is 0.659. The van der Waals surface area contributed by atoms with Crippen molar-refractivity contribution in [2.24, 2.45) is 4.99 Å². The number of terminal acetylenes is 1. The molecule has 0 amide bonds. The number of nitrogens with one attached hydrogen (secondary N) is 2. The fourth-order valence-corrected chi connectivity index (χ4v) is 2.83. The molecule has 0 saturated carbocycles. The van der Waals surface area contributed by atoms with Crippen LogP contribution in [0.1, 0.15) is 24.8 Å². The Labute approximate surface area is 137 Å². The molecule has 1 aromatic heterocycles. The highest BCUT2D eigenvalue weighted by Gasteiger charge is 2.10. The molecule has 0 unspecified atom stereocenters. The van der Waals surface area contributed by atoms with E-state index in [2.05, 4.69) is 50.4 Å². The highest BCUT2D eigenvalue weighted by Crippen LogP contribution is 2.21. The van der Waals surface area contributed by atoms with Crippen LogP contribution in [0.2, 0.25) is 0 Å². The van der Waals surface area contributed by atoms with Gasteiger partial charge in [-0.15, -0.1) is 6.42 Å². The minimum Gasteiger partial charge on any atom is -0.380 e. The molecule has 1 aliphatic rings. The molecule has 1 fully saturated rings. The zero-order valence-electron chi connectivity index (χ0n) is 13.3. The van der Waals surface area contributed by atoms with E-state index in [4.69, 9.17) is 6.42 Å². The van der Waals surface area contributed by atoms with Gasteiger partial charge in [0.25, 0.3) is 0 Å². The lowest BCUT2D eigenvalue weighted by Crippen LogP contribution is -2.29. The monoisotopic (exact) mass is 306 g/mol. The number of aromatic nitrogens is 1. The van der Waals surface area contributed by atoms with Crippen molar-refractivity contribution in [1.29, 1.82) is 0 Å². The standard InChI is InChI=1S/C19H22N4/c1-2-16-10-11-21-19(16)22-13-12-20-17-6-8-18(9-7-17)23-14-4-3-5-15-23/h1,6-11,13,20-21H,3-5,12,14-15H2. The number of piperidine rings is 1. The average Bonchev–Trinajstić information content (AvgIpc) is 3.07. The molecule has 0 atom stereocenters. The van der Waals surface area contributed by atoms with Gasteiger partial charge in [-0.2, -0.15) is 0 Å². The summed E-state index contributed by atoms with van der Waals surface area (Å²) in [6.07, 6.45) is 13.0. The Hall–Kier alpha value is -2.67. The van der Waals surface area contributed by atoms with Crippen LogP contribution in [0.3, 0.4) is 0 Å². The van der Waals surface area contributed by atoms with Gasteiger partial charge in [0.1, 0.15) is 5.82 Å². The lowest BCUT2D eigenvalue weighted by Gasteiger charge is -2.28. The molecule has 4 heteroatoms. The maximum Gasteiger partial charge on any atom is 0.145 e. The topological polar surface area (TPSA) is 43.4 Å². The van der Waals surface area contributed by atoms with Crippen molar-refractivity contribution >= 4 is 23.4 Å². The largest absolute Gasteiger partial charge is 0.380 e. The lowest BCUT2D eigenvalue weighted by atomic mass is 10.1. The Balaban J connectivity index is 1.51. The third-order valence-electron chi connectivity index (χ3n) is 4.09. The third-order valence-corrected chi connectivity index (χ3v) is 4.09. The summed E-state index contributed by atoms with van der Waals surface area (Å²) < 4.78 is 0. The predicted octanol–water partition coefficient (Wildman–Crippen LogP) is 3.80. The van der Waals surface area contributed by atoms with Crippen LogP contribution >= 0.6 is 0 Å². The van der Waals surface area contributed by atoms with Crippen molar-refractivity contribution in [2.75, 3.05) is 29.9 Å². The molecule has 118 valence electrons. The van der Waals surface area contributed by atoms with E-state index in [0.29, 0.717) is 6.54 Å². The van der Waals surface area contributed by atoms with Gasteiger partial charge in [0.05, 0.1) is 12.1 Å². The smallest absolute Gasteiger partial charge is 0.145 e. The van der Waals surface area contributed by atoms with E-state index >= 15 is 0 Å². The number of H-pyrrole nitrogens is 1. The van der Waals surface area contributed by atoms with Crippen molar-refractivity contribution in [2.45, 2.75) is 19.3 Å². The molecule has 1 aromatic carbocycles. The average molecular weight is 306 g/mol. The van der Waals surface area contributed by atoms with Gasteiger partial charge in [-0.1, -0.05) is 5.92 Å². The minimum absolute atomic E-state index is 0.659. The molecule has 0 radical (unpaired) electrons. The van der Waals surface area contributed by atoms with Crippen LogP contribution in [0.25, 0.3) is 0 Å². The van der Waals surface area contributed by atoms with E-state index < -0.39 is 0 Å². The van der Waals surface area contributed by atoms with Crippen molar-refractivity contribution < 1.29 is 0 Å². The number of hydrogen-bond acceptors (Lipinski definition) is 3. The molecule has 0 spiro atoms. The molecule has 4 nitrogen and oxygen atoms in total. The fourth-order valence-electron chi connectivity index (χ4n) is 2.83. The van der Waals surface area contributed by atoms with Gasteiger partial charge < -0.3 is 15.2 Å². The van der Waals surface area contributed by atoms with Crippen molar-refractivity contribution in [1.82, 2.24) is 4.98 Å². The zero-order valence-corrected chi connectivity index (χ0v) is 13.3. The van der Waals surface area contributed by atoms with E-state index in [-0.39, 0.29) is 0 Å². The first kappa shape index (κ1) is 15.2. The maximum absolute atomic E-state index is 5.40. The highest BCUT2D eigenvalue weighted by molar-refractivity contribution is 5.70. The summed E-state index contributed by atoms with van der Waals surface area (Å²) in [6, 6.07) is 10.5. The van der Waals surface area contributed by atoms with E-state index in [9.17, 15) is 0 Å². The van der Waals surface area contributed by atoms with E-state index in [0.717, 1.165) is 17.1 Å². The van der Waals surface area contributed by atoms with Crippen molar-refractivity contribution in [3.8, 4) is 12.3 Å². The summed E-state index contributed by atoms with van der Waals surface area (Å²) in [5.41, 5.74) is 3.20. The van der Waals surface area contributed by atoms with E-state index in [1.54, 1.807) is 6.20 Å². The molecule has 23 heavy (non-hydrogen) atoms. The Morgan fingerprint density at radius 1 is 1.17 bits per heavy atom. The molecule has 2 heterocycles. The SMILES string of the molecule is C#Cc1cc[nH]c1N=CCNc1ccc(N2CCCCC2)cc1. The normalized spacial score (nSPS) is 14.8. The van der Waals surface area contributed by atoms with Crippen LogP contribution in [0.4, 0.5) is 17.2 Å². The Morgan fingerprint density at radius 3 is 2.70 bits per heavy atom. The second-order valence-electron chi connectivity index (χ2n) is 5.67. The van der Waals surface area contributed by atoms with E-state index in [1.807, 2.05) is 12.3 Å². The van der Waals surface area contributed by atoms with Crippen LogP contribution in [0.5, 0.6) is 0 Å². The summed E-state index contributed by atoms with van der Waals surface area (Å²) in [5, 5.41) is 3.34. The molecule has 0 bridgehead atoms. The zero-order chi connectivity index (χ0) is 15.9. The van der Waals surface area contributed by atoms with Crippen molar-refractivity contribution in [3.05, 3.63) is 42.1 Å². The van der Waals surface area contributed by atoms with Gasteiger partial charge in [0.2, 0.25) is 0 Å². The van der Waals surface area contributed by atoms with Crippen LogP contribution in [-0.4, -0.2) is 30.8 Å². The van der Waals surface area contributed by atoms with E-state index in [1.165, 1.54) is 38.0 Å². The molecule has 3 rings (SSSR count). The van der Waals surface area contributed by atoms with Gasteiger partial charge >= 0.3 is 0 Å². The van der Waals surface area contributed by atoms with Gasteiger partial charge in [0.15, 0.2) is 0 Å². The maximum atomic E-state index is 5.40. The fraction of sp³-hybridized carbons (Fsp3) is 0.316. The summed E-state index contributed by atoms with van der Waals surface area (Å²) in [5.74, 6) is 3.33.